The molecule has 8 nitrogen and oxygen atoms in total. The Hall–Kier alpha value is -2.81. The molecule has 3 heterocycles. The normalized spacial score (nSPS) is 25.8. The van der Waals surface area contributed by atoms with Gasteiger partial charge in [-0.1, -0.05) is 30.3 Å². The maximum Gasteiger partial charge on any atom is 0.255 e. The Morgan fingerprint density at radius 3 is 2.75 bits per heavy atom. The number of benzene rings is 1. The van der Waals surface area contributed by atoms with Crippen LogP contribution >= 0.6 is 0 Å². The molecule has 2 aliphatic rings. The number of amides is 2. The lowest BCUT2D eigenvalue weighted by molar-refractivity contribution is -0.151. The van der Waals surface area contributed by atoms with E-state index < -0.39 is 6.10 Å². The molecule has 1 aromatic heterocycles. The van der Waals surface area contributed by atoms with Gasteiger partial charge in [0.1, 0.15) is 6.10 Å². The van der Waals surface area contributed by atoms with Crippen LogP contribution in [0.3, 0.4) is 0 Å². The molecule has 0 unspecified atom stereocenters. The molecule has 0 radical (unpaired) electrons. The van der Waals surface area contributed by atoms with Crippen LogP contribution in [0.15, 0.2) is 54.9 Å². The molecular weight excluding hydrogens is 410 g/mol. The van der Waals surface area contributed by atoms with Crippen molar-refractivity contribution in [3.05, 3.63) is 66.0 Å². The van der Waals surface area contributed by atoms with E-state index in [1.165, 1.54) is 6.20 Å². The lowest BCUT2D eigenvalue weighted by Gasteiger charge is -2.44. The summed E-state index contributed by atoms with van der Waals surface area (Å²) >= 11 is 0. The Bertz CT molecular complexity index is 895. The molecule has 2 aromatic rings. The zero-order chi connectivity index (χ0) is 22.3. The molecule has 2 fully saturated rings. The predicted molar refractivity (Wildman–Crippen MR) is 117 cm³/mol. The molecule has 4 rings (SSSR count). The summed E-state index contributed by atoms with van der Waals surface area (Å²) < 4.78 is 11.8. The summed E-state index contributed by atoms with van der Waals surface area (Å²) in [5, 5.41) is 13.2. The van der Waals surface area contributed by atoms with Crippen LogP contribution in [0.2, 0.25) is 0 Å². The molecule has 0 aliphatic carbocycles. The number of ether oxygens (including phenoxy) is 2. The van der Waals surface area contributed by atoms with Gasteiger partial charge in [0.15, 0.2) is 0 Å². The lowest BCUT2D eigenvalue weighted by atomic mass is 9.94. The van der Waals surface area contributed by atoms with Gasteiger partial charge in [-0.05, 0) is 30.5 Å². The Morgan fingerprint density at radius 1 is 1.12 bits per heavy atom. The summed E-state index contributed by atoms with van der Waals surface area (Å²) in [5.74, 6) is -0.250. The van der Waals surface area contributed by atoms with E-state index in [4.69, 9.17) is 9.47 Å². The predicted octanol–water partition coefficient (Wildman–Crippen LogP) is 1.54. The Labute approximate surface area is 187 Å². The van der Waals surface area contributed by atoms with Crippen molar-refractivity contribution in [2.75, 3.05) is 19.8 Å². The first-order valence-electron chi connectivity index (χ1n) is 11.0. The number of aromatic nitrogens is 1. The molecule has 4 atom stereocenters. The first kappa shape index (κ1) is 22.4. The van der Waals surface area contributed by atoms with Crippen LogP contribution in [0.5, 0.6) is 0 Å². The minimum atomic E-state index is -0.766. The third-order valence-corrected chi connectivity index (χ3v) is 5.90. The van der Waals surface area contributed by atoms with Crippen molar-refractivity contribution in [1.82, 2.24) is 15.2 Å². The molecule has 0 bridgehead atoms. The zero-order valence-corrected chi connectivity index (χ0v) is 17.9. The van der Waals surface area contributed by atoms with Crippen LogP contribution in [0.1, 0.15) is 35.2 Å². The summed E-state index contributed by atoms with van der Waals surface area (Å²) in [7, 11) is 0. The molecule has 1 aromatic carbocycles. The smallest absolute Gasteiger partial charge is 0.255 e. The molecule has 2 aliphatic heterocycles. The molecule has 2 saturated heterocycles. The minimum absolute atomic E-state index is 0.0669. The van der Waals surface area contributed by atoms with Gasteiger partial charge < -0.3 is 24.8 Å². The Morgan fingerprint density at radius 2 is 1.97 bits per heavy atom. The van der Waals surface area contributed by atoms with Crippen LogP contribution in [-0.4, -0.2) is 70.9 Å². The Kier molecular flexibility index (Phi) is 7.47. The highest BCUT2D eigenvalue weighted by molar-refractivity contribution is 5.94. The number of carbonyl (C=O) groups excluding carboxylic acids is 2. The third kappa shape index (κ3) is 5.70. The zero-order valence-electron chi connectivity index (χ0n) is 17.9. The van der Waals surface area contributed by atoms with Crippen LogP contribution in [0.4, 0.5) is 0 Å². The van der Waals surface area contributed by atoms with E-state index in [2.05, 4.69) is 10.3 Å². The highest BCUT2D eigenvalue weighted by Crippen LogP contribution is 2.28. The number of hydrogen-bond donors (Lipinski definition) is 2. The summed E-state index contributed by atoms with van der Waals surface area (Å²) in [6.45, 7) is 1.04. The van der Waals surface area contributed by atoms with Crippen molar-refractivity contribution < 1.29 is 24.2 Å². The van der Waals surface area contributed by atoms with Crippen molar-refractivity contribution in [2.45, 2.75) is 50.2 Å². The average Bonchev–Trinajstić information content (AvgIpc) is 2.81. The highest BCUT2D eigenvalue weighted by atomic mass is 16.5. The number of fused-ring (bicyclic) bond motifs is 1. The fourth-order valence-corrected chi connectivity index (χ4v) is 4.30. The van der Waals surface area contributed by atoms with Gasteiger partial charge in [-0.15, -0.1) is 0 Å². The van der Waals surface area contributed by atoms with Crippen LogP contribution in [-0.2, 0) is 20.8 Å². The summed E-state index contributed by atoms with van der Waals surface area (Å²) in [6.07, 6.45) is 3.36. The van der Waals surface area contributed by atoms with Crippen molar-refractivity contribution in [1.29, 1.82) is 0 Å². The number of β-amino-alcohol motifs (C(OH)–C–C–N with tert-alkyl or cyclic N) is 1. The second-order valence-corrected chi connectivity index (χ2v) is 8.30. The second-order valence-electron chi connectivity index (χ2n) is 8.30. The number of rotatable bonds is 5. The Balaban J connectivity index is 1.38. The monoisotopic (exact) mass is 439 g/mol. The SMILES string of the molecule is O=C(C[C@@H]1CC[C@@H]2[C@H](COC[C@@H](O)CN2C(=O)c2cccnc2)O1)NCc1ccccc1. The van der Waals surface area contributed by atoms with Crippen molar-refractivity contribution in [3.8, 4) is 0 Å². The first-order valence-corrected chi connectivity index (χ1v) is 11.0. The van der Waals surface area contributed by atoms with Gasteiger partial charge in [-0.25, -0.2) is 0 Å². The molecule has 0 saturated carbocycles. The molecule has 170 valence electrons. The molecule has 2 N–H and O–H groups in total. The average molecular weight is 440 g/mol. The van der Waals surface area contributed by atoms with E-state index in [-0.39, 0.29) is 56.2 Å². The lowest BCUT2D eigenvalue weighted by Crippen LogP contribution is -2.57. The molecule has 32 heavy (non-hydrogen) atoms. The van der Waals surface area contributed by atoms with Crippen molar-refractivity contribution in [3.63, 3.8) is 0 Å². The number of aliphatic hydroxyl groups is 1. The van der Waals surface area contributed by atoms with E-state index in [0.717, 1.165) is 5.56 Å². The van der Waals surface area contributed by atoms with Gasteiger partial charge in [0, 0.05) is 25.5 Å². The first-order chi connectivity index (χ1) is 15.6. The summed E-state index contributed by atoms with van der Waals surface area (Å²) in [5.41, 5.74) is 1.52. The van der Waals surface area contributed by atoms with E-state index in [1.807, 2.05) is 30.3 Å². The van der Waals surface area contributed by atoms with Gasteiger partial charge >= 0.3 is 0 Å². The van der Waals surface area contributed by atoms with Gasteiger partial charge in [0.2, 0.25) is 5.91 Å². The minimum Gasteiger partial charge on any atom is -0.389 e. The fraction of sp³-hybridized carbons (Fsp3) is 0.458. The third-order valence-electron chi connectivity index (χ3n) is 5.90. The largest absolute Gasteiger partial charge is 0.389 e. The van der Waals surface area contributed by atoms with Crippen molar-refractivity contribution >= 4 is 11.8 Å². The topological polar surface area (TPSA) is 101 Å². The van der Waals surface area contributed by atoms with E-state index >= 15 is 0 Å². The van der Waals surface area contributed by atoms with Crippen molar-refractivity contribution in [2.24, 2.45) is 0 Å². The van der Waals surface area contributed by atoms with Gasteiger partial charge in [-0.2, -0.15) is 0 Å². The van der Waals surface area contributed by atoms with E-state index in [0.29, 0.717) is 24.9 Å². The van der Waals surface area contributed by atoms with Crippen LogP contribution < -0.4 is 5.32 Å². The molecule has 0 spiro atoms. The summed E-state index contributed by atoms with van der Waals surface area (Å²) in [4.78, 5) is 31.3. The standard InChI is InChI=1S/C24H29N3O5/c28-19-14-27(24(30)18-7-4-10-25-13-18)21-9-8-20(32-22(21)16-31-15-19)11-23(29)26-12-17-5-2-1-3-6-17/h1-7,10,13,19-22,28H,8-9,11-12,14-16H2,(H,26,29)/t19-,20-,21+,22-/m0/s1. The van der Waals surface area contributed by atoms with Crippen LogP contribution in [0.25, 0.3) is 0 Å². The van der Waals surface area contributed by atoms with Gasteiger partial charge in [-0.3, -0.25) is 14.6 Å². The number of nitrogens with zero attached hydrogens (tertiary/aromatic N) is 2. The number of pyridine rings is 1. The molecule has 2 amide bonds. The number of aliphatic hydroxyl groups excluding tert-OH is 1. The van der Waals surface area contributed by atoms with Gasteiger partial charge in [0.05, 0.1) is 43.4 Å². The van der Waals surface area contributed by atoms with Crippen LogP contribution in [0, 0.1) is 0 Å². The quantitative estimate of drug-likeness (QED) is 0.733. The maximum absolute atomic E-state index is 13.2. The number of nitrogens with one attached hydrogen (secondary N) is 1. The highest BCUT2D eigenvalue weighted by Gasteiger charge is 2.40. The number of carbonyl (C=O) groups is 2. The second kappa shape index (κ2) is 10.7. The fourth-order valence-electron chi connectivity index (χ4n) is 4.30. The maximum atomic E-state index is 13.2. The summed E-state index contributed by atoms with van der Waals surface area (Å²) in [6, 6.07) is 13.0. The van der Waals surface area contributed by atoms with E-state index in [9.17, 15) is 14.7 Å². The number of hydrogen-bond acceptors (Lipinski definition) is 6. The molecular formula is C24H29N3O5. The molecule has 8 heteroatoms. The van der Waals surface area contributed by atoms with Gasteiger partial charge in [0.25, 0.3) is 5.91 Å². The van der Waals surface area contributed by atoms with E-state index in [1.54, 1.807) is 23.2 Å².